The summed E-state index contributed by atoms with van der Waals surface area (Å²) in [6.07, 6.45) is 12.0. The molecule has 0 amide bonds. The van der Waals surface area contributed by atoms with Gasteiger partial charge in [0, 0.05) is 25.5 Å². The van der Waals surface area contributed by atoms with Gasteiger partial charge in [0.2, 0.25) is 0 Å². The van der Waals surface area contributed by atoms with Crippen molar-refractivity contribution in [1.82, 2.24) is 4.98 Å². The summed E-state index contributed by atoms with van der Waals surface area (Å²) in [4.78, 5) is 25.8. The molecule has 0 aliphatic heterocycles. The van der Waals surface area contributed by atoms with Crippen molar-refractivity contribution in [2.45, 2.75) is 109 Å². The third kappa shape index (κ3) is 14.7. The van der Waals surface area contributed by atoms with Gasteiger partial charge in [-0.2, -0.15) is 13.2 Å². The maximum atomic E-state index is 12.5. The standard InChI is InChI=1S/C24H36F3NO3/c25-24(26,27)22-17-16-20(19-28-22)18-21(29)14-12-10-8-6-4-2-1-3-5-7-9-11-13-15-23(30)31/h16-17,19H,1-15,18H2,(H,30,31). The normalized spacial score (nSPS) is 11.6. The van der Waals surface area contributed by atoms with Crippen molar-refractivity contribution in [3.05, 3.63) is 29.6 Å². The number of ketones is 1. The Balaban J connectivity index is 1.90. The smallest absolute Gasteiger partial charge is 0.433 e. The minimum atomic E-state index is -4.45. The number of carbonyl (C=O) groups is 2. The number of rotatable bonds is 18. The van der Waals surface area contributed by atoms with E-state index in [-0.39, 0.29) is 18.6 Å². The Labute approximate surface area is 183 Å². The second kappa shape index (κ2) is 15.8. The van der Waals surface area contributed by atoms with Crippen LogP contribution >= 0.6 is 0 Å². The average molecular weight is 444 g/mol. The van der Waals surface area contributed by atoms with Crippen molar-refractivity contribution >= 4 is 11.8 Å². The van der Waals surface area contributed by atoms with Gasteiger partial charge in [-0.15, -0.1) is 0 Å². The molecule has 0 spiro atoms. The third-order valence-electron chi connectivity index (χ3n) is 5.36. The Morgan fingerprint density at radius 1 is 0.742 bits per heavy atom. The van der Waals surface area contributed by atoms with Gasteiger partial charge in [-0.25, -0.2) is 0 Å². The van der Waals surface area contributed by atoms with Crippen LogP contribution < -0.4 is 0 Å². The molecule has 1 aromatic heterocycles. The molecule has 1 aromatic rings. The quantitative estimate of drug-likeness (QED) is 0.245. The van der Waals surface area contributed by atoms with E-state index in [2.05, 4.69) is 4.98 Å². The van der Waals surface area contributed by atoms with E-state index in [1.807, 2.05) is 0 Å². The molecule has 0 aliphatic rings. The number of unbranched alkanes of at least 4 members (excludes halogenated alkanes) is 12. The van der Waals surface area contributed by atoms with Crippen LogP contribution in [-0.4, -0.2) is 21.8 Å². The van der Waals surface area contributed by atoms with Gasteiger partial charge in [-0.1, -0.05) is 76.7 Å². The molecule has 176 valence electrons. The number of aliphatic carboxylic acids is 1. The highest BCUT2D eigenvalue weighted by Gasteiger charge is 2.32. The van der Waals surface area contributed by atoms with Crippen molar-refractivity contribution in [1.29, 1.82) is 0 Å². The molecule has 4 nitrogen and oxygen atoms in total. The number of alkyl halides is 3. The van der Waals surface area contributed by atoms with Crippen LogP contribution in [0, 0.1) is 0 Å². The Morgan fingerprint density at radius 3 is 1.58 bits per heavy atom. The number of carbonyl (C=O) groups excluding carboxylic acids is 1. The van der Waals surface area contributed by atoms with Crippen LogP contribution in [0.25, 0.3) is 0 Å². The first-order chi connectivity index (χ1) is 14.8. The van der Waals surface area contributed by atoms with Crippen LogP contribution in [0.4, 0.5) is 13.2 Å². The molecule has 0 radical (unpaired) electrons. The van der Waals surface area contributed by atoms with Crippen LogP contribution in [-0.2, 0) is 22.2 Å². The number of pyridine rings is 1. The first-order valence-corrected chi connectivity index (χ1v) is 11.5. The number of carboxylic acids is 1. The summed E-state index contributed by atoms with van der Waals surface area (Å²) >= 11 is 0. The molecular formula is C24H36F3NO3. The number of Topliss-reactive ketones (excluding diaryl/α,β-unsaturated/α-hetero) is 1. The van der Waals surface area contributed by atoms with Crippen molar-refractivity contribution < 1.29 is 27.9 Å². The zero-order chi connectivity index (χ0) is 23.0. The van der Waals surface area contributed by atoms with Gasteiger partial charge >= 0.3 is 12.1 Å². The Hall–Kier alpha value is -1.92. The first kappa shape index (κ1) is 27.1. The van der Waals surface area contributed by atoms with Gasteiger partial charge in [0.15, 0.2) is 0 Å². The lowest BCUT2D eigenvalue weighted by Crippen LogP contribution is -2.09. The summed E-state index contributed by atoms with van der Waals surface area (Å²) in [5.74, 6) is -0.660. The van der Waals surface area contributed by atoms with Crippen LogP contribution in [0.3, 0.4) is 0 Å². The number of halogens is 3. The van der Waals surface area contributed by atoms with Crippen LogP contribution in [0.1, 0.15) is 108 Å². The number of hydrogen-bond donors (Lipinski definition) is 1. The SMILES string of the molecule is O=C(O)CCCCCCCCCCCCCCCC(=O)Cc1ccc(C(F)(F)F)nc1. The molecule has 0 aliphatic carbocycles. The van der Waals surface area contributed by atoms with Gasteiger partial charge in [0.25, 0.3) is 0 Å². The summed E-state index contributed by atoms with van der Waals surface area (Å²) in [6, 6.07) is 2.25. The molecule has 7 heteroatoms. The van der Waals surface area contributed by atoms with E-state index in [1.165, 1.54) is 51.0 Å². The minimum absolute atomic E-state index is 0.0459. The van der Waals surface area contributed by atoms with Crippen molar-refractivity contribution in [2.24, 2.45) is 0 Å². The molecule has 0 saturated carbocycles. The zero-order valence-corrected chi connectivity index (χ0v) is 18.4. The number of aromatic nitrogens is 1. The van der Waals surface area contributed by atoms with Gasteiger partial charge in [-0.3, -0.25) is 14.6 Å². The molecule has 0 unspecified atom stereocenters. The maximum Gasteiger partial charge on any atom is 0.433 e. The summed E-state index contributed by atoms with van der Waals surface area (Å²) in [5, 5.41) is 8.57. The summed E-state index contributed by atoms with van der Waals surface area (Å²) in [7, 11) is 0. The lowest BCUT2D eigenvalue weighted by molar-refractivity contribution is -0.141. The Morgan fingerprint density at radius 2 is 1.19 bits per heavy atom. The molecule has 0 saturated heterocycles. The van der Waals surface area contributed by atoms with E-state index >= 15 is 0 Å². The molecule has 0 atom stereocenters. The van der Waals surface area contributed by atoms with Gasteiger partial charge in [-0.05, 0) is 24.5 Å². The second-order valence-corrected chi connectivity index (χ2v) is 8.25. The van der Waals surface area contributed by atoms with Crippen molar-refractivity contribution in [3.8, 4) is 0 Å². The number of nitrogens with zero attached hydrogens (tertiary/aromatic N) is 1. The van der Waals surface area contributed by atoms with E-state index in [4.69, 9.17) is 5.11 Å². The third-order valence-corrected chi connectivity index (χ3v) is 5.36. The second-order valence-electron chi connectivity index (χ2n) is 8.25. The Bertz CT molecular complexity index is 630. The highest BCUT2D eigenvalue weighted by molar-refractivity contribution is 5.80. The molecule has 1 N–H and O–H groups in total. The van der Waals surface area contributed by atoms with Crippen LogP contribution in [0.5, 0.6) is 0 Å². The van der Waals surface area contributed by atoms with Crippen LogP contribution in [0.2, 0.25) is 0 Å². The van der Waals surface area contributed by atoms with Gasteiger partial charge < -0.3 is 5.11 Å². The van der Waals surface area contributed by atoms with E-state index in [9.17, 15) is 22.8 Å². The monoisotopic (exact) mass is 443 g/mol. The highest BCUT2D eigenvalue weighted by Crippen LogP contribution is 2.27. The minimum Gasteiger partial charge on any atom is -0.481 e. The Kier molecular flexibility index (Phi) is 13.8. The predicted octanol–water partition coefficient (Wildman–Crippen LogP) is 7.15. The summed E-state index contributed by atoms with van der Waals surface area (Å²) in [5.41, 5.74) is -0.407. The average Bonchev–Trinajstić information content (AvgIpc) is 2.70. The lowest BCUT2D eigenvalue weighted by Gasteiger charge is -2.06. The zero-order valence-electron chi connectivity index (χ0n) is 18.4. The molecule has 0 bridgehead atoms. The molecule has 0 aromatic carbocycles. The predicted molar refractivity (Wildman–Crippen MR) is 115 cm³/mol. The van der Waals surface area contributed by atoms with E-state index < -0.39 is 17.8 Å². The molecule has 31 heavy (non-hydrogen) atoms. The van der Waals surface area contributed by atoms with Gasteiger partial charge in [0.1, 0.15) is 11.5 Å². The summed E-state index contributed by atoms with van der Waals surface area (Å²) < 4.78 is 37.4. The van der Waals surface area contributed by atoms with E-state index in [0.717, 1.165) is 50.8 Å². The fourth-order valence-corrected chi connectivity index (χ4v) is 3.56. The molecule has 1 heterocycles. The summed E-state index contributed by atoms with van der Waals surface area (Å²) in [6.45, 7) is 0. The van der Waals surface area contributed by atoms with E-state index in [1.54, 1.807) is 0 Å². The molecule has 1 rings (SSSR count). The van der Waals surface area contributed by atoms with Crippen molar-refractivity contribution in [3.63, 3.8) is 0 Å². The van der Waals surface area contributed by atoms with Crippen LogP contribution in [0.15, 0.2) is 18.3 Å². The fraction of sp³-hybridized carbons (Fsp3) is 0.708. The van der Waals surface area contributed by atoms with Crippen molar-refractivity contribution in [2.75, 3.05) is 0 Å². The molecular weight excluding hydrogens is 407 g/mol. The molecule has 0 fully saturated rings. The van der Waals surface area contributed by atoms with E-state index in [0.29, 0.717) is 12.0 Å². The maximum absolute atomic E-state index is 12.5. The highest BCUT2D eigenvalue weighted by atomic mass is 19.4. The topological polar surface area (TPSA) is 67.3 Å². The fourth-order valence-electron chi connectivity index (χ4n) is 3.56. The lowest BCUT2D eigenvalue weighted by atomic mass is 10.0. The van der Waals surface area contributed by atoms with Gasteiger partial charge in [0.05, 0.1) is 0 Å². The first-order valence-electron chi connectivity index (χ1n) is 11.5. The number of hydrogen-bond acceptors (Lipinski definition) is 3. The number of carboxylic acid groups (broad SMARTS) is 1. The largest absolute Gasteiger partial charge is 0.481 e.